The SMILES string of the molecule is COc1ccc2ccc(Cl)c(C(O)CN3CCCC(CNCc4ccc5c(c4)NC(=O)CS5)C3)c2n1. The number of aromatic nitrogens is 1. The number of halogens is 1. The van der Waals surface area contributed by atoms with Gasteiger partial charge in [-0.3, -0.25) is 4.79 Å². The van der Waals surface area contributed by atoms with Gasteiger partial charge >= 0.3 is 0 Å². The van der Waals surface area contributed by atoms with Crippen LogP contribution in [0.3, 0.4) is 0 Å². The third kappa shape index (κ3) is 5.79. The van der Waals surface area contributed by atoms with Crippen LogP contribution >= 0.6 is 23.4 Å². The Bertz CT molecular complexity index is 1260. The Morgan fingerprint density at radius 1 is 1.31 bits per heavy atom. The lowest BCUT2D eigenvalue weighted by Gasteiger charge is -2.34. The molecule has 2 aliphatic rings. The first-order valence-electron chi connectivity index (χ1n) is 12.3. The fraction of sp³-hybridized carbons (Fsp3) is 0.407. The van der Waals surface area contributed by atoms with Gasteiger partial charge in [-0.25, -0.2) is 4.98 Å². The van der Waals surface area contributed by atoms with E-state index in [-0.39, 0.29) is 5.91 Å². The molecular formula is C27H31ClN4O3S. The summed E-state index contributed by atoms with van der Waals surface area (Å²) in [6.07, 6.45) is 1.51. The number of amides is 1. The van der Waals surface area contributed by atoms with Crippen LogP contribution in [0.25, 0.3) is 10.9 Å². The van der Waals surface area contributed by atoms with E-state index in [1.165, 1.54) is 0 Å². The third-order valence-corrected chi connectivity index (χ3v) is 8.24. The number of nitrogens with one attached hydrogen (secondary N) is 2. The van der Waals surface area contributed by atoms with E-state index in [0.717, 1.165) is 60.6 Å². The van der Waals surface area contributed by atoms with Gasteiger partial charge in [0.1, 0.15) is 0 Å². The first kappa shape index (κ1) is 25.3. The second-order valence-electron chi connectivity index (χ2n) is 9.47. The number of nitrogens with zero attached hydrogens (tertiary/aromatic N) is 2. The highest BCUT2D eigenvalue weighted by atomic mass is 35.5. The zero-order valence-corrected chi connectivity index (χ0v) is 21.9. The first-order valence-corrected chi connectivity index (χ1v) is 13.7. The lowest BCUT2D eigenvalue weighted by molar-refractivity contribution is -0.113. The van der Waals surface area contributed by atoms with E-state index in [1.807, 2.05) is 24.3 Å². The van der Waals surface area contributed by atoms with Crippen LogP contribution in [0.5, 0.6) is 5.88 Å². The summed E-state index contributed by atoms with van der Waals surface area (Å²) in [5.74, 6) is 1.54. The number of rotatable bonds is 8. The number of fused-ring (bicyclic) bond motifs is 2. The molecule has 2 unspecified atom stereocenters. The molecule has 1 aromatic heterocycles. The number of benzene rings is 2. The predicted molar refractivity (Wildman–Crippen MR) is 145 cm³/mol. The molecule has 36 heavy (non-hydrogen) atoms. The monoisotopic (exact) mass is 526 g/mol. The first-order chi connectivity index (χ1) is 17.5. The van der Waals surface area contributed by atoms with Gasteiger partial charge in [0.15, 0.2) is 0 Å². The second-order valence-corrected chi connectivity index (χ2v) is 10.9. The molecule has 190 valence electrons. The number of aliphatic hydroxyl groups excluding tert-OH is 1. The third-order valence-electron chi connectivity index (χ3n) is 6.84. The van der Waals surface area contributed by atoms with Crippen LogP contribution in [0.2, 0.25) is 5.02 Å². The number of methoxy groups -OCH3 is 1. The van der Waals surface area contributed by atoms with Crippen molar-refractivity contribution in [3.8, 4) is 5.88 Å². The molecule has 7 nitrogen and oxygen atoms in total. The van der Waals surface area contributed by atoms with Gasteiger partial charge in [0, 0.05) is 46.6 Å². The van der Waals surface area contributed by atoms with Crippen LogP contribution in [0.1, 0.15) is 30.1 Å². The van der Waals surface area contributed by atoms with Gasteiger partial charge in [-0.15, -0.1) is 11.8 Å². The topological polar surface area (TPSA) is 86.7 Å². The van der Waals surface area contributed by atoms with Crippen LogP contribution in [-0.4, -0.2) is 59.9 Å². The van der Waals surface area contributed by atoms with Crippen LogP contribution in [0.15, 0.2) is 47.4 Å². The van der Waals surface area contributed by atoms with E-state index < -0.39 is 6.10 Å². The molecule has 2 aromatic carbocycles. The van der Waals surface area contributed by atoms with Crippen LogP contribution in [0, 0.1) is 5.92 Å². The van der Waals surface area contributed by atoms with E-state index in [2.05, 4.69) is 38.7 Å². The summed E-state index contributed by atoms with van der Waals surface area (Å²) in [5, 5.41) is 19.2. The fourth-order valence-electron chi connectivity index (χ4n) is 5.08. The number of carbonyl (C=O) groups is 1. The lowest BCUT2D eigenvalue weighted by Crippen LogP contribution is -2.41. The van der Waals surface area contributed by atoms with E-state index in [4.69, 9.17) is 16.3 Å². The number of thioether (sulfide) groups is 1. The molecule has 5 rings (SSSR count). The highest BCUT2D eigenvalue weighted by Gasteiger charge is 2.25. The van der Waals surface area contributed by atoms with Gasteiger partial charge < -0.3 is 25.4 Å². The zero-order valence-electron chi connectivity index (χ0n) is 20.3. The summed E-state index contributed by atoms with van der Waals surface area (Å²) in [5.41, 5.74) is 3.41. The molecule has 3 N–H and O–H groups in total. The summed E-state index contributed by atoms with van der Waals surface area (Å²) in [4.78, 5) is 19.7. The molecule has 3 aromatic rings. The summed E-state index contributed by atoms with van der Waals surface area (Å²) >= 11 is 8.11. The van der Waals surface area contributed by atoms with Gasteiger partial charge in [0.2, 0.25) is 11.8 Å². The molecule has 1 amide bonds. The number of carbonyl (C=O) groups excluding carboxylic acids is 1. The normalized spacial score (nSPS) is 19.1. The number of anilines is 1. The molecule has 1 saturated heterocycles. The maximum Gasteiger partial charge on any atom is 0.234 e. The summed E-state index contributed by atoms with van der Waals surface area (Å²) in [6.45, 7) is 4.04. The quantitative estimate of drug-likeness (QED) is 0.399. The van der Waals surface area contributed by atoms with Crippen LogP contribution in [-0.2, 0) is 11.3 Å². The molecular weight excluding hydrogens is 496 g/mol. The van der Waals surface area contributed by atoms with Gasteiger partial charge in [0.05, 0.1) is 30.2 Å². The van der Waals surface area contributed by atoms with Gasteiger partial charge in [0.25, 0.3) is 0 Å². The van der Waals surface area contributed by atoms with Crippen molar-refractivity contribution >= 4 is 45.9 Å². The standard InChI is InChI=1S/C27H31ClN4O3S/c1-35-25-9-6-19-5-7-20(28)26(27(19)31-25)22(33)15-32-10-2-3-18(14-32)13-29-12-17-4-8-23-21(11-17)30-24(34)16-36-23/h4-9,11,18,22,29,33H,2-3,10,12-16H2,1H3,(H,30,34). The Kier molecular flexibility index (Phi) is 7.98. The number of hydrogen-bond donors (Lipinski definition) is 3. The van der Waals surface area contributed by atoms with Crippen molar-refractivity contribution in [1.82, 2.24) is 15.2 Å². The molecule has 0 radical (unpaired) electrons. The minimum atomic E-state index is -0.740. The van der Waals surface area contributed by atoms with Crippen molar-refractivity contribution in [2.24, 2.45) is 5.92 Å². The van der Waals surface area contributed by atoms with E-state index in [1.54, 1.807) is 18.9 Å². The van der Waals surface area contributed by atoms with E-state index in [9.17, 15) is 9.90 Å². The molecule has 1 fully saturated rings. The number of β-amino-alcohol motifs (C(OH)–C–C–N with tert-alkyl or cyclic N) is 1. The fourth-order valence-corrected chi connectivity index (χ4v) is 6.15. The van der Waals surface area contributed by atoms with E-state index in [0.29, 0.717) is 40.2 Å². The van der Waals surface area contributed by atoms with Crippen molar-refractivity contribution < 1.29 is 14.6 Å². The second kappa shape index (κ2) is 11.4. The maximum atomic E-state index is 11.7. The van der Waals surface area contributed by atoms with Crippen LogP contribution < -0.4 is 15.4 Å². The molecule has 9 heteroatoms. The Morgan fingerprint density at radius 2 is 2.17 bits per heavy atom. The molecule has 0 saturated carbocycles. The molecule has 3 heterocycles. The Morgan fingerprint density at radius 3 is 3.03 bits per heavy atom. The number of aliphatic hydroxyl groups is 1. The smallest absolute Gasteiger partial charge is 0.234 e. The summed E-state index contributed by atoms with van der Waals surface area (Å²) in [6, 6.07) is 13.8. The van der Waals surface area contributed by atoms with Gasteiger partial charge in [-0.05, 0) is 61.7 Å². The summed E-state index contributed by atoms with van der Waals surface area (Å²) < 4.78 is 5.29. The van der Waals surface area contributed by atoms with Gasteiger partial charge in [-0.1, -0.05) is 23.7 Å². The number of likely N-dealkylation sites (tertiary alicyclic amines) is 1. The molecule has 2 atom stereocenters. The van der Waals surface area contributed by atoms with Gasteiger partial charge in [-0.2, -0.15) is 0 Å². The van der Waals surface area contributed by atoms with Crippen molar-refractivity contribution in [3.63, 3.8) is 0 Å². The minimum Gasteiger partial charge on any atom is -0.481 e. The number of hydrogen-bond acceptors (Lipinski definition) is 7. The Balaban J connectivity index is 1.18. The minimum absolute atomic E-state index is 0.0572. The average molecular weight is 527 g/mol. The molecule has 0 bridgehead atoms. The lowest BCUT2D eigenvalue weighted by atomic mass is 9.96. The van der Waals surface area contributed by atoms with Crippen molar-refractivity contribution in [2.75, 3.05) is 44.4 Å². The number of ether oxygens (including phenoxy) is 1. The number of pyridine rings is 1. The maximum absolute atomic E-state index is 11.7. The summed E-state index contributed by atoms with van der Waals surface area (Å²) in [7, 11) is 1.58. The largest absolute Gasteiger partial charge is 0.481 e. The zero-order chi connectivity index (χ0) is 25.1. The Labute approximate surface area is 220 Å². The van der Waals surface area contributed by atoms with Crippen molar-refractivity contribution in [2.45, 2.75) is 30.4 Å². The van der Waals surface area contributed by atoms with Crippen molar-refractivity contribution in [1.29, 1.82) is 0 Å². The van der Waals surface area contributed by atoms with Crippen LogP contribution in [0.4, 0.5) is 5.69 Å². The molecule has 0 spiro atoms. The highest BCUT2D eigenvalue weighted by Crippen LogP contribution is 2.33. The van der Waals surface area contributed by atoms with Crippen molar-refractivity contribution in [3.05, 3.63) is 58.6 Å². The highest BCUT2D eigenvalue weighted by molar-refractivity contribution is 8.00. The number of piperidine rings is 1. The molecule has 0 aliphatic carbocycles. The predicted octanol–water partition coefficient (Wildman–Crippen LogP) is 4.48. The average Bonchev–Trinajstić information content (AvgIpc) is 2.88. The molecule has 2 aliphatic heterocycles. The Hall–Kier alpha value is -2.36. The van der Waals surface area contributed by atoms with E-state index >= 15 is 0 Å².